The lowest BCUT2D eigenvalue weighted by Gasteiger charge is -2.33. The number of nitro groups is 2. The van der Waals surface area contributed by atoms with Gasteiger partial charge in [-0.05, 0) is 85.0 Å². The Morgan fingerprint density at radius 2 is 1.18 bits per heavy atom. The van der Waals surface area contributed by atoms with Crippen molar-refractivity contribution in [3.63, 3.8) is 0 Å². The fourth-order valence-electron chi connectivity index (χ4n) is 7.44. The van der Waals surface area contributed by atoms with Crippen LogP contribution in [0.4, 0.5) is 11.4 Å². The number of unbranched alkanes of at least 4 members (excludes halogenated alkanes) is 4. The molecule has 6 rings (SSSR count). The second-order valence-corrected chi connectivity index (χ2v) is 13.1. The summed E-state index contributed by atoms with van der Waals surface area (Å²) in [7, 11) is 0. The van der Waals surface area contributed by atoms with Crippen molar-refractivity contribution in [3.8, 4) is 0 Å². The van der Waals surface area contributed by atoms with Crippen molar-refractivity contribution in [1.29, 1.82) is 0 Å². The van der Waals surface area contributed by atoms with E-state index in [9.17, 15) is 20.2 Å². The van der Waals surface area contributed by atoms with Crippen LogP contribution in [-0.2, 0) is 24.2 Å². The van der Waals surface area contributed by atoms with E-state index in [0.29, 0.717) is 22.3 Å². The second-order valence-electron chi connectivity index (χ2n) is 12.5. The molecule has 2 unspecified atom stereocenters. The summed E-state index contributed by atoms with van der Waals surface area (Å²) in [6.07, 6.45) is 10.6. The van der Waals surface area contributed by atoms with Crippen LogP contribution >= 0.6 is 0 Å². The van der Waals surface area contributed by atoms with Crippen molar-refractivity contribution in [2.75, 3.05) is 36.0 Å². The Hall–Kier alpha value is -3.86. The van der Waals surface area contributed by atoms with Crippen LogP contribution in [0.15, 0.2) is 56.5 Å². The first-order chi connectivity index (χ1) is 21.9. The van der Waals surface area contributed by atoms with Gasteiger partial charge in [-0.3, -0.25) is 20.2 Å². The van der Waals surface area contributed by atoms with E-state index in [4.69, 9.17) is 0 Å². The largest absolute Gasteiger partial charge is 0.371 e. The van der Waals surface area contributed by atoms with Gasteiger partial charge < -0.3 is 9.80 Å². The second kappa shape index (κ2) is 13.6. The van der Waals surface area contributed by atoms with E-state index < -0.39 is 33.3 Å². The summed E-state index contributed by atoms with van der Waals surface area (Å²) < 4.78 is 9.30. The highest BCUT2D eigenvalue weighted by molar-refractivity contribution is 7.57. The van der Waals surface area contributed by atoms with E-state index in [1.165, 1.54) is 12.8 Å². The first kappa shape index (κ1) is 31.1. The Balaban J connectivity index is 1.45. The minimum Gasteiger partial charge on any atom is -0.371 e. The number of fused-ring (bicyclic) bond motifs is 3. The number of rotatable bonds is 12. The molecule has 3 heterocycles. The molecule has 0 amide bonds. The quantitative estimate of drug-likeness (QED) is 0.136. The van der Waals surface area contributed by atoms with Gasteiger partial charge in [0.2, 0.25) is 0 Å². The zero-order valence-corrected chi connectivity index (χ0v) is 27.1. The zero-order chi connectivity index (χ0) is 31.5. The molecule has 0 aromatic heterocycles. The molecule has 2 aromatic carbocycles. The normalized spacial score (nSPS) is 20.6. The van der Waals surface area contributed by atoms with E-state index in [-0.39, 0.29) is 0 Å². The van der Waals surface area contributed by atoms with Gasteiger partial charge in [-0.25, -0.2) is 8.73 Å². The van der Waals surface area contributed by atoms with Crippen LogP contribution in [0.5, 0.6) is 0 Å². The molecular formula is C34H42N6O4S. The third-order valence-electron chi connectivity index (χ3n) is 9.59. The smallest absolute Gasteiger partial charge is 0.352 e. The molecule has 2 atom stereocenters. The highest BCUT2D eigenvalue weighted by atomic mass is 32.1. The highest BCUT2D eigenvalue weighted by Gasteiger charge is 2.51. The molecule has 0 radical (unpaired) electrons. The first-order valence-corrected chi connectivity index (χ1v) is 17.3. The van der Waals surface area contributed by atoms with Gasteiger partial charge in [0.15, 0.2) is 0 Å². The Bertz CT molecular complexity index is 1510. The molecule has 0 spiro atoms. The molecule has 4 aliphatic rings. The van der Waals surface area contributed by atoms with Crippen molar-refractivity contribution < 1.29 is 9.85 Å². The lowest BCUT2D eigenvalue weighted by atomic mass is 9.78. The Labute approximate surface area is 268 Å². The fraction of sp³-hybridized carbons (Fsp3) is 0.529. The van der Waals surface area contributed by atoms with E-state index in [1.807, 2.05) is 36.4 Å². The minimum absolute atomic E-state index is 0.292. The molecule has 3 aliphatic heterocycles. The molecule has 0 fully saturated rings. The molecule has 0 bridgehead atoms. The first-order valence-electron chi connectivity index (χ1n) is 16.5. The molecule has 2 aromatic rings. The molecule has 11 heteroatoms. The standard InChI is InChI=1S/C34H42N6O4S/c1-3-5-7-17-37-19-9-11-23-21-25(13-15-27(23)37)29-31-32(36-45-35-31)30(34(40(43)44)33(29)39(41)42)26-14-16-28-24(22-26)12-10-20-38(28)18-8-6-4-2/h13-16,21-22,31-32H,3-12,17-20H2,1-2H3. The van der Waals surface area contributed by atoms with E-state index in [1.54, 1.807) is 0 Å². The minimum atomic E-state index is -0.682. The van der Waals surface area contributed by atoms with Crippen LogP contribution in [0, 0.1) is 20.2 Å². The van der Waals surface area contributed by atoms with Crippen LogP contribution in [0.25, 0.3) is 11.1 Å². The summed E-state index contributed by atoms with van der Waals surface area (Å²) >= 11 is 1.00. The third-order valence-corrected chi connectivity index (χ3v) is 10.2. The predicted octanol–water partition coefficient (Wildman–Crippen LogP) is 7.46. The van der Waals surface area contributed by atoms with Crippen LogP contribution < -0.4 is 9.80 Å². The maximum Gasteiger partial charge on any atom is 0.352 e. The number of benzene rings is 2. The highest BCUT2D eigenvalue weighted by Crippen LogP contribution is 2.47. The van der Waals surface area contributed by atoms with E-state index in [0.717, 1.165) is 111 Å². The molecule has 45 heavy (non-hydrogen) atoms. The van der Waals surface area contributed by atoms with Crippen molar-refractivity contribution in [1.82, 2.24) is 0 Å². The van der Waals surface area contributed by atoms with E-state index >= 15 is 0 Å². The van der Waals surface area contributed by atoms with Gasteiger partial charge in [0.1, 0.15) is 12.1 Å². The number of hydrogen-bond acceptors (Lipinski definition) is 8. The van der Waals surface area contributed by atoms with Crippen molar-refractivity contribution in [2.24, 2.45) is 8.73 Å². The number of aryl methyl sites for hydroxylation is 2. The van der Waals surface area contributed by atoms with Crippen molar-refractivity contribution in [3.05, 3.63) is 90.3 Å². The summed E-state index contributed by atoms with van der Waals surface area (Å²) in [6, 6.07) is 10.5. The Morgan fingerprint density at radius 1 is 0.733 bits per heavy atom. The van der Waals surface area contributed by atoms with Gasteiger partial charge >= 0.3 is 11.4 Å². The van der Waals surface area contributed by atoms with Gasteiger partial charge in [0, 0.05) is 37.6 Å². The van der Waals surface area contributed by atoms with Crippen LogP contribution in [0.1, 0.15) is 87.5 Å². The van der Waals surface area contributed by atoms with Crippen LogP contribution in [0.2, 0.25) is 0 Å². The van der Waals surface area contributed by atoms with Gasteiger partial charge in [-0.1, -0.05) is 51.7 Å². The number of hydrogen-bond donors (Lipinski definition) is 0. The molecule has 1 aliphatic carbocycles. The molecule has 238 valence electrons. The van der Waals surface area contributed by atoms with E-state index in [2.05, 4.69) is 32.4 Å². The van der Waals surface area contributed by atoms with Crippen molar-refractivity contribution >= 4 is 33.9 Å². The molecule has 0 N–H and O–H groups in total. The SMILES string of the molecule is CCCCCN1CCCc2cc(C3=C([N+](=O)[O-])C([N+](=O)[O-])=C(c4ccc5c(c4)CCCN5CCCCC)C4N=S=NC34)ccc21. The van der Waals surface area contributed by atoms with Gasteiger partial charge in [0.25, 0.3) is 0 Å². The predicted molar refractivity (Wildman–Crippen MR) is 181 cm³/mol. The summed E-state index contributed by atoms with van der Waals surface area (Å²) in [5.41, 5.74) is 5.46. The summed E-state index contributed by atoms with van der Waals surface area (Å²) in [5.74, 6) is 0. The van der Waals surface area contributed by atoms with Crippen molar-refractivity contribution in [2.45, 2.75) is 90.1 Å². The van der Waals surface area contributed by atoms with Crippen LogP contribution in [-0.4, -0.2) is 48.1 Å². The Morgan fingerprint density at radius 3 is 1.58 bits per heavy atom. The fourth-order valence-corrected chi connectivity index (χ4v) is 8.14. The average molecular weight is 631 g/mol. The monoisotopic (exact) mass is 630 g/mol. The van der Waals surface area contributed by atoms with Gasteiger partial charge in [-0.2, -0.15) is 0 Å². The third kappa shape index (κ3) is 6.06. The van der Waals surface area contributed by atoms with Gasteiger partial charge in [-0.15, -0.1) is 0 Å². The number of anilines is 2. The number of nitrogens with zero attached hydrogens (tertiary/aromatic N) is 6. The zero-order valence-electron chi connectivity index (χ0n) is 26.2. The molecule has 0 saturated heterocycles. The molecular weight excluding hydrogens is 588 g/mol. The maximum absolute atomic E-state index is 12.8. The lowest BCUT2D eigenvalue weighted by molar-refractivity contribution is -0.478. The summed E-state index contributed by atoms with van der Waals surface area (Å²) in [6.45, 7) is 8.33. The Kier molecular flexibility index (Phi) is 9.44. The van der Waals surface area contributed by atoms with Gasteiger partial charge in [0.05, 0.1) is 32.3 Å². The lowest BCUT2D eigenvalue weighted by Crippen LogP contribution is -2.34. The summed E-state index contributed by atoms with van der Waals surface area (Å²) in [4.78, 5) is 29.3. The average Bonchev–Trinajstić information content (AvgIpc) is 3.53. The summed E-state index contributed by atoms with van der Waals surface area (Å²) in [5, 5.41) is 25.6. The molecule has 10 nitrogen and oxygen atoms in total. The van der Waals surface area contributed by atoms with Crippen LogP contribution in [0.3, 0.4) is 0 Å². The topological polar surface area (TPSA) is 117 Å². The molecule has 0 saturated carbocycles. The maximum atomic E-state index is 12.8.